The number of carbonyl (C=O) groups excluding carboxylic acids is 1. The first-order valence-corrected chi connectivity index (χ1v) is 10.9. The summed E-state index contributed by atoms with van der Waals surface area (Å²) in [6.45, 7) is 1.47. The Morgan fingerprint density at radius 1 is 0.912 bits per heavy atom. The maximum Gasteiger partial charge on any atom is 0.251 e. The molecule has 3 aromatic carbocycles. The summed E-state index contributed by atoms with van der Waals surface area (Å²) in [6.07, 6.45) is 5.45. The summed E-state index contributed by atoms with van der Waals surface area (Å²) in [6, 6.07) is 21.2. The Hall–Kier alpha value is -4.26. The van der Waals surface area contributed by atoms with Crippen molar-refractivity contribution in [3.8, 4) is 17.2 Å². The van der Waals surface area contributed by atoms with E-state index in [2.05, 4.69) is 22.4 Å². The van der Waals surface area contributed by atoms with E-state index in [1.165, 1.54) is 14.2 Å². The van der Waals surface area contributed by atoms with Gasteiger partial charge < -0.3 is 24.1 Å². The highest BCUT2D eigenvalue weighted by Crippen LogP contribution is 2.39. The topological polar surface area (TPSA) is 74.6 Å². The zero-order chi connectivity index (χ0) is 23.8. The van der Waals surface area contributed by atoms with E-state index in [1.807, 2.05) is 53.2 Å². The molecule has 0 aliphatic carbocycles. The fourth-order valence-electron chi connectivity index (χ4n) is 3.60. The lowest BCUT2D eigenvalue weighted by atomic mass is 10.1. The molecule has 0 fully saturated rings. The second-order valence-electron chi connectivity index (χ2n) is 7.72. The van der Waals surface area contributed by atoms with E-state index in [-0.39, 0.29) is 5.91 Å². The quantitative estimate of drug-likeness (QED) is 0.381. The lowest BCUT2D eigenvalue weighted by molar-refractivity contribution is 0.0950. The number of ether oxygens (including phenoxy) is 3. The number of rotatable bonds is 10. The van der Waals surface area contributed by atoms with Crippen molar-refractivity contribution in [2.75, 3.05) is 14.2 Å². The number of hydrogen-bond acceptors (Lipinski definition) is 5. The van der Waals surface area contributed by atoms with Gasteiger partial charge in [0, 0.05) is 31.0 Å². The van der Waals surface area contributed by atoms with Crippen molar-refractivity contribution < 1.29 is 19.0 Å². The second-order valence-corrected chi connectivity index (χ2v) is 7.72. The summed E-state index contributed by atoms with van der Waals surface area (Å²) < 4.78 is 19.0. The van der Waals surface area contributed by atoms with E-state index >= 15 is 0 Å². The van der Waals surface area contributed by atoms with Crippen LogP contribution in [-0.2, 0) is 19.7 Å². The summed E-state index contributed by atoms with van der Waals surface area (Å²) in [5.74, 6) is 1.09. The van der Waals surface area contributed by atoms with Gasteiger partial charge >= 0.3 is 0 Å². The Bertz CT molecular complexity index is 1200. The minimum absolute atomic E-state index is 0.230. The number of benzene rings is 3. The van der Waals surface area contributed by atoms with Gasteiger partial charge in [-0.05, 0) is 28.8 Å². The number of hydrogen-bond donors (Lipinski definition) is 1. The van der Waals surface area contributed by atoms with E-state index in [9.17, 15) is 4.79 Å². The van der Waals surface area contributed by atoms with E-state index in [0.29, 0.717) is 36.0 Å². The molecule has 0 unspecified atom stereocenters. The van der Waals surface area contributed by atoms with E-state index < -0.39 is 0 Å². The third-order valence-electron chi connectivity index (χ3n) is 5.32. The van der Waals surface area contributed by atoms with Crippen LogP contribution in [0.5, 0.6) is 17.2 Å². The van der Waals surface area contributed by atoms with Crippen LogP contribution in [0.3, 0.4) is 0 Å². The number of amides is 1. The molecule has 1 heterocycles. The van der Waals surface area contributed by atoms with Crippen molar-refractivity contribution in [2.45, 2.75) is 19.7 Å². The Morgan fingerprint density at radius 2 is 1.62 bits per heavy atom. The van der Waals surface area contributed by atoms with Crippen molar-refractivity contribution in [1.29, 1.82) is 0 Å². The van der Waals surface area contributed by atoms with Crippen LogP contribution >= 0.6 is 0 Å². The van der Waals surface area contributed by atoms with Crippen molar-refractivity contribution in [2.24, 2.45) is 0 Å². The number of methoxy groups -OCH3 is 2. The molecular formula is C27H27N3O4. The second kappa shape index (κ2) is 11.0. The molecular weight excluding hydrogens is 430 g/mol. The average Bonchev–Trinajstić information content (AvgIpc) is 3.39. The predicted octanol–water partition coefficient (Wildman–Crippen LogP) is 4.46. The number of nitrogens with zero attached hydrogens (tertiary/aromatic N) is 2. The molecule has 1 amide bonds. The molecule has 4 rings (SSSR count). The number of aromatic nitrogens is 2. The molecule has 7 nitrogen and oxygen atoms in total. The van der Waals surface area contributed by atoms with E-state index in [0.717, 1.165) is 23.2 Å². The molecule has 7 heteroatoms. The van der Waals surface area contributed by atoms with Gasteiger partial charge in [-0.3, -0.25) is 4.79 Å². The molecule has 0 saturated heterocycles. The Kier molecular flexibility index (Phi) is 7.45. The van der Waals surface area contributed by atoms with Gasteiger partial charge in [0.05, 0.1) is 20.5 Å². The zero-order valence-electron chi connectivity index (χ0n) is 19.2. The molecule has 0 atom stereocenters. The van der Waals surface area contributed by atoms with Crippen molar-refractivity contribution in [3.05, 3.63) is 108 Å². The van der Waals surface area contributed by atoms with Crippen molar-refractivity contribution >= 4 is 5.91 Å². The molecule has 1 aromatic heterocycles. The van der Waals surface area contributed by atoms with Crippen molar-refractivity contribution in [1.82, 2.24) is 14.9 Å². The Labute approximate surface area is 198 Å². The average molecular weight is 458 g/mol. The van der Waals surface area contributed by atoms with Gasteiger partial charge in [-0.15, -0.1) is 0 Å². The molecule has 0 aliphatic rings. The SMILES string of the molecule is COc1cc(C(=O)NCc2cccc(Cn3ccnc3)c2)cc(OC)c1OCc1ccccc1. The first-order valence-electron chi connectivity index (χ1n) is 10.9. The minimum atomic E-state index is -0.230. The fourth-order valence-corrected chi connectivity index (χ4v) is 3.60. The Balaban J connectivity index is 1.44. The van der Waals surface area contributed by atoms with E-state index in [1.54, 1.807) is 24.7 Å². The molecule has 0 bridgehead atoms. The molecule has 4 aromatic rings. The van der Waals surface area contributed by atoms with Crippen LogP contribution in [-0.4, -0.2) is 29.7 Å². The summed E-state index contributed by atoms with van der Waals surface area (Å²) in [5, 5.41) is 2.97. The largest absolute Gasteiger partial charge is 0.493 e. The maximum atomic E-state index is 12.9. The normalized spacial score (nSPS) is 10.5. The van der Waals surface area contributed by atoms with Crippen molar-refractivity contribution in [3.63, 3.8) is 0 Å². The first-order chi connectivity index (χ1) is 16.7. The lowest BCUT2D eigenvalue weighted by Gasteiger charge is -2.16. The summed E-state index contributed by atoms with van der Waals surface area (Å²) in [4.78, 5) is 17.0. The highest BCUT2D eigenvalue weighted by atomic mass is 16.5. The Morgan fingerprint density at radius 3 is 2.29 bits per heavy atom. The molecule has 0 spiro atoms. The van der Waals surface area contributed by atoms with E-state index in [4.69, 9.17) is 14.2 Å². The monoisotopic (exact) mass is 457 g/mol. The maximum absolute atomic E-state index is 12.9. The zero-order valence-corrected chi connectivity index (χ0v) is 19.2. The molecule has 1 N–H and O–H groups in total. The molecule has 0 saturated carbocycles. The van der Waals surface area contributed by atoms with Gasteiger partial charge in [0.15, 0.2) is 11.5 Å². The molecule has 34 heavy (non-hydrogen) atoms. The molecule has 174 valence electrons. The smallest absolute Gasteiger partial charge is 0.251 e. The van der Waals surface area contributed by atoms with Gasteiger partial charge in [0.2, 0.25) is 5.75 Å². The van der Waals surface area contributed by atoms with Crippen LogP contribution in [0, 0.1) is 0 Å². The first kappa shape index (κ1) is 22.9. The highest BCUT2D eigenvalue weighted by molar-refractivity contribution is 5.95. The van der Waals surface area contributed by atoms with Gasteiger partial charge in [-0.25, -0.2) is 4.98 Å². The number of imidazole rings is 1. The van der Waals surface area contributed by atoms with Gasteiger partial charge in [-0.2, -0.15) is 0 Å². The van der Waals surface area contributed by atoms with Gasteiger partial charge in [0.1, 0.15) is 6.61 Å². The predicted molar refractivity (Wildman–Crippen MR) is 129 cm³/mol. The third kappa shape index (κ3) is 5.75. The fraction of sp³-hybridized carbons (Fsp3) is 0.185. The number of nitrogens with one attached hydrogen (secondary N) is 1. The number of carbonyl (C=O) groups is 1. The van der Waals surface area contributed by atoms with Crippen LogP contribution in [0.1, 0.15) is 27.0 Å². The molecule has 0 aliphatic heterocycles. The highest BCUT2D eigenvalue weighted by Gasteiger charge is 2.18. The standard InChI is InChI=1S/C27H27N3O4/c1-32-24-14-23(15-25(33-2)26(24)34-18-20-7-4-3-5-8-20)27(31)29-16-21-9-6-10-22(13-21)17-30-12-11-28-19-30/h3-15,19H,16-18H2,1-2H3,(H,29,31). The van der Waals surface area contributed by atoms with Crippen LogP contribution < -0.4 is 19.5 Å². The molecule has 0 radical (unpaired) electrons. The van der Waals surface area contributed by atoms with Crippen LogP contribution in [0.15, 0.2) is 85.5 Å². The van der Waals surface area contributed by atoms with Gasteiger partial charge in [-0.1, -0.05) is 54.6 Å². The third-order valence-corrected chi connectivity index (χ3v) is 5.32. The lowest BCUT2D eigenvalue weighted by Crippen LogP contribution is -2.23. The minimum Gasteiger partial charge on any atom is -0.493 e. The van der Waals surface area contributed by atoms with Crippen LogP contribution in [0.4, 0.5) is 0 Å². The summed E-state index contributed by atoms with van der Waals surface area (Å²) in [5.41, 5.74) is 3.58. The summed E-state index contributed by atoms with van der Waals surface area (Å²) >= 11 is 0. The van der Waals surface area contributed by atoms with Gasteiger partial charge in [0.25, 0.3) is 5.91 Å². The summed E-state index contributed by atoms with van der Waals surface area (Å²) in [7, 11) is 3.08. The van der Waals surface area contributed by atoms with Crippen LogP contribution in [0.2, 0.25) is 0 Å². The van der Waals surface area contributed by atoms with Crippen LogP contribution in [0.25, 0.3) is 0 Å².